The Morgan fingerprint density at radius 3 is 2.63 bits per heavy atom. The van der Waals surface area contributed by atoms with Gasteiger partial charge in [0.25, 0.3) is 5.91 Å². The molecule has 15 heteroatoms. The van der Waals surface area contributed by atoms with E-state index >= 15 is 0 Å². The van der Waals surface area contributed by atoms with Gasteiger partial charge in [0.05, 0.1) is 23.4 Å². The number of amides is 4. The van der Waals surface area contributed by atoms with E-state index in [1.807, 2.05) is 50.3 Å². The van der Waals surface area contributed by atoms with Crippen LogP contribution in [0, 0.1) is 17.7 Å². The van der Waals surface area contributed by atoms with Crippen molar-refractivity contribution >= 4 is 44.7 Å². The normalized spacial score (nSPS) is 28.2. The number of halogens is 1. The summed E-state index contributed by atoms with van der Waals surface area (Å²) in [6, 6.07) is 11.5. The fourth-order valence-electron chi connectivity index (χ4n) is 8.74. The lowest BCUT2D eigenvalue weighted by molar-refractivity contribution is -0.141. The summed E-state index contributed by atoms with van der Waals surface area (Å²) in [5.41, 5.74) is -0.146. The Labute approximate surface area is 343 Å². The molecule has 3 aliphatic heterocycles. The first-order valence-corrected chi connectivity index (χ1v) is 22.3. The van der Waals surface area contributed by atoms with Crippen LogP contribution in [0.1, 0.15) is 90.5 Å². The van der Waals surface area contributed by atoms with Crippen molar-refractivity contribution in [2.45, 2.75) is 119 Å². The summed E-state index contributed by atoms with van der Waals surface area (Å²) in [4.78, 5) is 63.1. The number of benzene rings is 2. The highest BCUT2D eigenvalue weighted by atomic mass is 32.2. The molecule has 8 rings (SSSR count). The number of aromatic nitrogens is 1. The Morgan fingerprint density at radius 2 is 1.86 bits per heavy atom. The summed E-state index contributed by atoms with van der Waals surface area (Å²) in [5.74, 6) is -2.35. The van der Waals surface area contributed by atoms with Crippen molar-refractivity contribution in [2.75, 3.05) is 13.2 Å². The third-order valence-electron chi connectivity index (χ3n) is 12.6. The Kier molecular flexibility index (Phi) is 10.7. The molecule has 0 unspecified atom stereocenters. The molecule has 13 nitrogen and oxygen atoms in total. The highest BCUT2D eigenvalue weighted by Gasteiger charge is 2.64. The molecule has 5 aliphatic rings. The number of nitrogens with zero attached hydrogens (tertiary/aromatic N) is 2. The highest BCUT2D eigenvalue weighted by Crippen LogP contribution is 2.50. The molecule has 4 amide bonds. The number of pyridine rings is 1. The van der Waals surface area contributed by atoms with Gasteiger partial charge in [-0.05, 0) is 82.4 Å². The number of carbonyl (C=O) groups is 4. The zero-order valence-corrected chi connectivity index (χ0v) is 34.5. The van der Waals surface area contributed by atoms with E-state index < -0.39 is 73.5 Å². The Bertz CT molecular complexity index is 2330. The van der Waals surface area contributed by atoms with Crippen LogP contribution < -0.4 is 20.1 Å². The highest BCUT2D eigenvalue weighted by molar-refractivity contribution is 7.91. The molecular formula is C44H52FN5O8S. The maximum Gasteiger partial charge on any atom is 0.407 e. The molecule has 3 aromatic rings. The van der Waals surface area contributed by atoms with Gasteiger partial charge in [-0.1, -0.05) is 69.2 Å². The molecule has 1 aromatic heterocycles. The molecule has 0 bridgehead atoms. The number of sulfonamides is 1. The third kappa shape index (κ3) is 8.02. The topological polar surface area (TPSA) is 173 Å². The van der Waals surface area contributed by atoms with Crippen LogP contribution in [0.5, 0.6) is 5.75 Å². The summed E-state index contributed by atoms with van der Waals surface area (Å²) < 4.78 is 54.9. The second-order valence-electron chi connectivity index (χ2n) is 17.7. The number of hydrogen-bond acceptors (Lipinski definition) is 9. The van der Waals surface area contributed by atoms with Crippen LogP contribution in [0.25, 0.3) is 22.2 Å². The van der Waals surface area contributed by atoms with E-state index in [2.05, 4.69) is 15.4 Å². The molecule has 1 spiro atoms. The fourth-order valence-corrected chi connectivity index (χ4v) is 10.1. The molecule has 3 fully saturated rings. The molecule has 5 atom stereocenters. The molecule has 2 aliphatic carbocycles. The fraction of sp³-hybridized carbons (Fsp3) is 0.523. The van der Waals surface area contributed by atoms with Gasteiger partial charge in [0.2, 0.25) is 21.8 Å². The number of fused-ring (bicyclic) bond motifs is 5. The van der Waals surface area contributed by atoms with Crippen molar-refractivity contribution in [1.29, 1.82) is 0 Å². The average Bonchev–Trinajstić information content (AvgIpc) is 4.10. The van der Waals surface area contributed by atoms with Crippen LogP contribution in [0.2, 0.25) is 0 Å². The second-order valence-corrected chi connectivity index (χ2v) is 19.9. The van der Waals surface area contributed by atoms with Crippen molar-refractivity contribution in [3.63, 3.8) is 0 Å². The quantitative estimate of drug-likeness (QED) is 0.247. The van der Waals surface area contributed by atoms with Gasteiger partial charge >= 0.3 is 6.09 Å². The Hall–Kier alpha value is -5.05. The van der Waals surface area contributed by atoms with Gasteiger partial charge in [-0.15, -0.1) is 0 Å². The number of ether oxygens (including phenoxy) is 2. The SMILES string of the molecule is CC(C)COC(=O)N[C@H]1CCCCC/C=C\[C@H]2C[C@@]2(C(=O)NS(=O)(=O)C2(C)CC2)NC(=O)[C@@H]2C[C@]3(CCc4c(c(-c5cccc(F)c5)nc5ccccc45)O3)CN2C1=O. The smallest absolute Gasteiger partial charge is 0.407 e. The zero-order chi connectivity index (χ0) is 41.7. The van der Waals surface area contributed by atoms with Gasteiger partial charge in [-0.3, -0.25) is 19.1 Å². The summed E-state index contributed by atoms with van der Waals surface area (Å²) >= 11 is 0. The van der Waals surface area contributed by atoms with Crippen molar-refractivity contribution in [1.82, 2.24) is 25.2 Å². The zero-order valence-electron chi connectivity index (χ0n) is 33.7. The summed E-state index contributed by atoms with van der Waals surface area (Å²) in [5, 5.41) is 6.59. The van der Waals surface area contributed by atoms with Crippen LogP contribution in [0.3, 0.4) is 0 Å². The first kappa shape index (κ1) is 40.7. The van der Waals surface area contributed by atoms with E-state index in [0.29, 0.717) is 67.5 Å². The van der Waals surface area contributed by atoms with Gasteiger partial charge in [-0.25, -0.2) is 22.6 Å². The van der Waals surface area contributed by atoms with Crippen LogP contribution in [0.15, 0.2) is 60.7 Å². The Balaban J connectivity index is 1.17. The van der Waals surface area contributed by atoms with Crippen LogP contribution in [0.4, 0.5) is 9.18 Å². The minimum atomic E-state index is -4.02. The van der Waals surface area contributed by atoms with E-state index in [-0.39, 0.29) is 31.9 Å². The number of aryl methyl sites for hydroxylation is 1. The Morgan fingerprint density at radius 1 is 1.07 bits per heavy atom. The molecular weight excluding hydrogens is 778 g/mol. The first-order chi connectivity index (χ1) is 28.1. The lowest BCUT2D eigenvalue weighted by atomic mass is 9.86. The molecule has 59 heavy (non-hydrogen) atoms. The van der Waals surface area contributed by atoms with Crippen molar-refractivity contribution in [2.24, 2.45) is 11.8 Å². The van der Waals surface area contributed by atoms with Crippen LogP contribution >= 0.6 is 0 Å². The summed E-state index contributed by atoms with van der Waals surface area (Å²) in [6.45, 7) is 5.52. The average molecular weight is 830 g/mol. The third-order valence-corrected chi connectivity index (χ3v) is 14.8. The summed E-state index contributed by atoms with van der Waals surface area (Å²) in [7, 11) is -4.02. The first-order valence-electron chi connectivity index (χ1n) is 20.8. The standard InChI is InChI=1S/C44H52FN5O8S/c1-27(2)25-57-41(54)47-34-17-8-6-4-5-7-13-29-23-44(29,40(53)49-59(55,56)42(3)20-21-42)48-38(51)35-24-43(26-50(35)39(34)52)19-18-32-31-15-9-10-16-33(31)46-36(37(32)58-43)28-12-11-14-30(45)22-28/h7,9-16,22,27,29,34-35H,4-6,8,17-21,23-26H2,1-3H3,(H,47,54)(H,48,51)(H,49,53)/b13-7-/t29-,34-,35-,43+,44+/m0/s1. The number of carbonyl (C=O) groups excluding carboxylic acids is 4. The van der Waals surface area contributed by atoms with E-state index in [9.17, 15) is 32.0 Å². The number of para-hydroxylation sites is 1. The van der Waals surface area contributed by atoms with Gasteiger partial charge in [-0.2, -0.15) is 0 Å². The van der Waals surface area contributed by atoms with Crippen LogP contribution in [-0.2, 0) is 35.6 Å². The summed E-state index contributed by atoms with van der Waals surface area (Å²) in [6.07, 6.45) is 8.15. The molecule has 314 valence electrons. The maximum absolute atomic E-state index is 14.9. The minimum Gasteiger partial charge on any atom is -0.483 e. The number of allylic oxidation sites excluding steroid dienone is 1. The number of hydrogen-bond donors (Lipinski definition) is 3. The second kappa shape index (κ2) is 15.5. The van der Waals surface area contributed by atoms with E-state index in [1.54, 1.807) is 19.1 Å². The van der Waals surface area contributed by atoms with E-state index in [4.69, 9.17) is 14.5 Å². The predicted molar refractivity (Wildman–Crippen MR) is 218 cm³/mol. The maximum atomic E-state index is 14.9. The molecule has 3 N–H and O–H groups in total. The molecule has 0 radical (unpaired) electrons. The lowest BCUT2D eigenvalue weighted by Gasteiger charge is -2.37. The lowest BCUT2D eigenvalue weighted by Crippen LogP contribution is -2.58. The largest absolute Gasteiger partial charge is 0.483 e. The van der Waals surface area contributed by atoms with Gasteiger partial charge in [0.1, 0.15) is 40.5 Å². The number of nitrogens with one attached hydrogen (secondary N) is 3. The van der Waals surface area contributed by atoms with Gasteiger partial charge in [0.15, 0.2) is 0 Å². The molecule has 2 aromatic carbocycles. The van der Waals surface area contributed by atoms with Gasteiger partial charge < -0.3 is 25.0 Å². The van der Waals surface area contributed by atoms with Gasteiger partial charge in [0, 0.05) is 28.9 Å². The van der Waals surface area contributed by atoms with Crippen LogP contribution in [-0.4, -0.2) is 83.2 Å². The van der Waals surface area contributed by atoms with Crippen molar-refractivity contribution in [3.8, 4) is 17.0 Å². The molecule has 4 heterocycles. The minimum absolute atomic E-state index is 0.0263. The van der Waals surface area contributed by atoms with Crippen molar-refractivity contribution < 1.29 is 41.5 Å². The number of rotatable bonds is 7. The molecule has 1 saturated heterocycles. The number of alkyl carbamates (subject to hydrolysis) is 1. The van der Waals surface area contributed by atoms with E-state index in [0.717, 1.165) is 23.8 Å². The van der Waals surface area contributed by atoms with E-state index in [1.165, 1.54) is 17.0 Å². The molecule has 2 saturated carbocycles. The van der Waals surface area contributed by atoms with Crippen molar-refractivity contribution in [3.05, 3.63) is 72.1 Å². The monoisotopic (exact) mass is 829 g/mol. The predicted octanol–water partition coefficient (Wildman–Crippen LogP) is 5.85.